The molecule has 5 rings (SSSR count). The largest absolute Gasteiger partial charge is 0.508 e. The summed E-state index contributed by atoms with van der Waals surface area (Å²) in [5.41, 5.74) is 3.05. The van der Waals surface area contributed by atoms with Crippen molar-refractivity contribution in [3.05, 3.63) is 63.9 Å². The van der Waals surface area contributed by atoms with Gasteiger partial charge in [-0.1, -0.05) is 12.1 Å². The lowest BCUT2D eigenvalue weighted by Gasteiger charge is -2.50. The first-order valence-electron chi connectivity index (χ1n) is 14.0. The molecule has 0 radical (unpaired) electrons. The Kier molecular flexibility index (Phi) is 7.96. The third-order valence-corrected chi connectivity index (χ3v) is 8.81. The van der Waals surface area contributed by atoms with Gasteiger partial charge in [-0.2, -0.15) is 13.2 Å². The number of aliphatic hydroxyl groups excluding tert-OH is 2. The highest BCUT2D eigenvalue weighted by atomic mass is 19.4. The minimum atomic E-state index is -4.40. The third-order valence-electron chi connectivity index (χ3n) is 8.81. The van der Waals surface area contributed by atoms with E-state index in [9.17, 15) is 48.0 Å². The van der Waals surface area contributed by atoms with Gasteiger partial charge >= 0.3 is 6.18 Å². The molecule has 0 aromatic heterocycles. The number of nitrogens with two attached hydrogens (primary N) is 1. The molecule has 0 spiro atoms. The highest BCUT2D eigenvalue weighted by Crippen LogP contribution is 2.54. The number of halogens is 3. The van der Waals surface area contributed by atoms with E-state index in [2.05, 4.69) is 5.32 Å². The highest BCUT2D eigenvalue weighted by molar-refractivity contribution is 6.24. The Morgan fingerprint density at radius 2 is 1.82 bits per heavy atom. The van der Waals surface area contributed by atoms with Gasteiger partial charge in [0.1, 0.15) is 28.6 Å². The molecule has 0 aliphatic heterocycles. The number of hydrogen-bond acceptors (Lipinski definition) is 10. The molecule has 0 heterocycles. The molecule has 3 aliphatic rings. The van der Waals surface area contributed by atoms with Crippen LogP contribution in [0.2, 0.25) is 0 Å². The van der Waals surface area contributed by atoms with Gasteiger partial charge < -0.3 is 36.2 Å². The molecule has 0 saturated heterocycles. The van der Waals surface area contributed by atoms with Gasteiger partial charge in [-0.15, -0.1) is 0 Å². The van der Waals surface area contributed by atoms with E-state index in [-0.39, 0.29) is 30.5 Å². The van der Waals surface area contributed by atoms with E-state index in [1.54, 1.807) is 24.3 Å². The first-order chi connectivity index (χ1) is 21.0. The molecule has 14 heteroatoms. The van der Waals surface area contributed by atoms with Crippen molar-refractivity contribution in [2.45, 2.75) is 37.2 Å². The van der Waals surface area contributed by atoms with E-state index in [4.69, 9.17) is 10.5 Å². The number of rotatable bonds is 7. The highest BCUT2D eigenvalue weighted by Gasteiger charge is 2.64. The smallest absolute Gasteiger partial charge is 0.401 e. The minimum absolute atomic E-state index is 0.0258. The number of aliphatic hydroxyl groups is 3. The second-order valence-corrected chi connectivity index (χ2v) is 11.7. The lowest BCUT2D eigenvalue weighted by Crippen LogP contribution is -2.65. The van der Waals surface area contributed by atoms with Gasteiger partial charge in [0.05, 0.1) is 25.3 Å². The van der Waals surface area contributed by atoms with E-state index in [1.807, 2.05) is 0 Å². The van der Waals surface area contributed by atoms with Crippen LogP contribution in [0.3, 0.4) is 0 Å². The number of methoxy groups -OCH3 is 1. The number of carbonyl (C=O) groups excluding carboxylic acids is 3. The van der Waals surface area contributed by atoms with Crippen LogP contribution in [0.25, 0.3) is 16.9 Å². The number of phenols is 1. The van der Waals surface area contributed by atoms with Crippen LogP contribution in [-0.2, 0) is 27.3 Å². The number of fused-ring (bicyclic) bond motifs is 3. The van der Waals surface area contributed by atoms with E-state index in [1.165, 1.54) is 32.2 Å². The first-order valence-corrected chi connectivity index (χ1v) is 14.0. The van der Waals surface area contributed by atoms with Crippen LogP contribution in [0.5, 0.6) is 11.5 Å². The van der Waals surface area contributed by atoms with Crippen molar-refractivity contribution < 1.29 is 52.7 Å². The topological polar surface area (TPSA) is 183 Å². The first kappa shape index (κ1) is 32.0. The maximum absolute atomic E-state index is 14.0. The average Bonchev–Trinajstić information content (AvgIpc) is 2.94. The summed E-state index contributed by atoms with van der Waals surface area (Å²) in [5.74, 6) is -7.27. The lowest BCUT2D eigenvalue weighted by atomic mass is 9.57. The Morgan fingerprint density at radius 3 is 2.42 bits per heavy atom. The van der Waals surface area contributed by atoms with E-state index in [0.717, 1.165) is 0 Å². The van der Waals surface area contributed by atoms with Crippen LogP contribution in [-0.4, -0.2) is 88.4 Å². The summed E-state index contributed by atoms with van der Waals surface area (Å²) < 4.78 is 43.7. The maximum Gasteiger partial charge on any atom is 0.401 e. The van der Waals surface area contributed by atoms with Gasteiger partial charge in [0.2, 0.25) is 5.78 Å². The normalized spacial score (nSPS) is 24.8. The summed E-state index contributed by atoms with van der Waals surface area (Å²) >= 11 is 0. The Balaban J connectivity index is 1.66. The molecule has 1 fully saturated rings. The molecule has 2 aromatic carbocycles. The molecule has 4 atom stereocenters. The summed E-state index contributed by atoms with van der Waals surface area (Å²) in [5, 5.41) is 47.5. The predicted molar refractivity (Wildman–Crippen MR) is 154 cm³/mol. The molecular weight excluding hydrogens is 599 g/mol. The molecule has 7 N–H and O–H groups in total. The number of alkyl halides is 3. The van der Waals surface area contributed by atoms with Crippen LogP contribution >= 0.6 is 0 Å². The quantitative estimate of drug-likeness (QED) is 0.248. The van der Waals surface area contributed by atoms with Crippen LogP contribution in [0.4, 0.5) is 13.2 Å². The van der Waals surface area contributed by atoms with Crippen LogP contribution < -0.4 is 15.8 Å². The van der Waals surface area contributed by atoms with Gasteiger partial charge in [-0.05, 0) is 67.7 Å². The zero-order valence-corrected chi connectivity index (χ0v) is 24.5. The number of ketones is 2. The number of aromatic hydroxyl groups is 1. The number of hydrogen-bond donors (Lipinski definition) is 6. The third kappa shape index (κ3) is 5.12. The lowest BCUT2D eigenvalue weighted by molar-refractivity contribution is -0.153. The number of nitrogens with zero attached hydrogens (tertiary/aromatic N) is 1. The molecule has 0 unspecified atom stereocenters. The van der Waals surface area contributed by atoms with Gasteiger partial charge in [0.15, 0.2) is 11.4 Å². The van der Waals surface area contributed by atoms with Crippen LogP contribution in [0, 0.1) is 11.8 Å². The second-order valence-electron chi connectivity index (χ2n) is 11.7. The zero-order valence-electron chi connectivity index (χ0n) is 24.5. The summed E-state index contributed by atoms with van der Waals surface area (Å²) in [7, 11) is 4.42. The van der Waals surface area contributed by atoms with Crippen molar-refractivity contribution in [1.82, 2.24) is 10.2 Å². The summed E-state index contributed by atoms with van der Waals surface area (Å²) in [6.07, 6.45) is -4.48. The van der Waals surface area contributed by atoms with Crippen molar-refractivity contribution in [1.29, 1.82) is 0 Å². The van der Waals surface area contributed by atoms with Crippen LogP contribution in [0.1, 0.15) is 23.1 Å². The SMILES string of the molecule is COc1ccc(CNCC(F)(F)F)cc1-c1ccc(O)c2c1C[C@H]1C[C@H]3[C@H](N(C)C)C(=O)C(C(N)=O)=C(O)[C@@]3(O)C(=O)C1=C2O. The number of phenolic OH excluding ortho intramolecular Hbond substituents is 1. The minimum Gasteiger partial charge on any atom is -0.508 e. The molecule has 1 saturated carbocycles. The fourth-order valence-electron chi connectivity index (χ4n) is 6.92. The number of carbonyl (C=O) groups is 3. The summed E-state index contributed by atoms with van der Waals surface area (Å²) in [4.78, 5) is 40.9. The van der Waals surface area contributed by atoms with Gasteiger partial charge in [-0.25, -0.2) is 0 Å². The Morgan fingerprint density at radius 1 is 1.13 bits per heavy atom. The number of benzene rings is 2. The van der Waals surface area contributed by atoms with E-state index in [0.29, 0.717) is 28.0 Å². The number of primary amides is 1. The maximum atomic E-state index is 14.0. The van der Waals surface area contributed by atoms with Crippen LogP contribution in [0.15, 0.2) is 47.2 Å². The molecule has 3 aliphatic carbocycles. The summed E-state index contributed by atoms with van der Waals surface area (Å²) in [6.45, 7) is -1.32. The molecule has 2 aromatic rings. The molecular formula is C31H32F3N3O8. The van der Waals surface area contributed by atoms with Crippen molar-refractivity contribution >= 4 is 23.2 Å². The van der Waals surface area contributed by atoms with Crippen molar-refractivity contribution in [3.63, 3.8) is 0 Å². The van der Waals surface area contributed by atoms with Gasteiger partial charge in [-0.3, -0.25) is 19.3 Å². The average molecular weight is 632 g/mol. The number of nitrogens with one attached hydrogen (secondary N) is 1. The Bertz CT molecular complexity index is 1680. The number of amides is 1. The van der Waals surface area contributed by atoms with Gasteiger partial charge in [0, 0.05) is 23.6 Å². The van der Waals surface area contributed by atoms with Crippen molar-refractivity contribution in [3.8, 4) is 22.6 Å². The van der Waals surface area contributed by atoms with E-state index >= 15 is 0 Å². The molecule has 240 valence electrons. The molecule has 0 bridgehead atoms. The monoisotopic (exact) mass is 631 g/mol. The fourth-order valence-corrected chi connectivity index (χ4v) is 6.92. The van der Waals surface area contributed by atoms with Crippen molar-refractivity contribution in [2.75, 3.05) is 27.7 Å². The number of ether oxygens (including phenoxy) is 1. The number of likely N-dealkylation sites (N-methyl/N-ethyl adjacent to an activating group) is 1. The summed E-state index contributed by atoms with van der Waals surface area (Å²) in [6, 6.07) is 6.38. The van der Waals surface area contributed by atoms with E-state index < -0.39 is 76.5 Å². The fraction of sp³-hybridized carbons (Fsp3) is 0.387. The van der Waals surface area contributed by atoms with Crippen molar-refractivity contribution in [2.24, 2.45) is 17.6 Å². The Hall–Kier alpha value is -4.40. The molecule has 45 heavy (non-hydrogen) atoms. The predicted octanol–water partition coefficient (Wildman–Crippen LogP) is 2.29. The standard InChI is InChI=1S/C31H32F3N3O8/c1-37(2)24-18-10-14-9-17-15(16-8-13(4-7-20(16)45-3)11-36-12-30(32,33)34)5-6-19(38)22(17)25(39)21(14)27(41)31(18,44)28(42)23(26(24)40)29(35)43/h4-8,14,18,24,36,38-39,42,44H,9-12H2,1-3H3,(H2,35,43)/t14-,18-,24-,31-/m0/s1. The molecule has 1 amide bonds. The Labute approximate surface area is 255 Å². The van der Waals surface area contributed by atoms with Gasteiger partial charge in [0.25, 0.3) is 5.91 Å². The number of Topliss-reactive ketones (excluding diaryl/α,β-unsaturated/α-hetero) is 2. The zero-order chi connectivity index (χ0) is 33.2. The second kappa shape index (κ2) is 11.2. The molecule has 11 nitrogen and oxygen atoms in total.